The van der Waals surface area contributed by atoms with Gasteiger partial charge in [-0.05, 0) is 60.7 Å². The van der Waals surface area contributed by atoms with Gasteiger partial charge in [0.15, 0.2) is 10.9 Å². The quantitative estimate of drug-likeness (QED) is 0.449. The number of rotatable bonds is 4. The van der Waals surface area contributed by atoms with E-state index in [0.29, 0.717) is 22.8 Å². The second kappa shape index (κ2) is 7.67. The molecule has 4 rings (SSSR count). The molecule has 4 aromatic rings. The van der Waals surface area contributed by atoms with Crippen molar-refractivity contribution < 1.29 is 18.7 Å². The van der Waals surface area contributed by atoms with Gasteiger partial charge in [-0.3, -0.25) is 10.1 Å². The summed E-state index contributed by atoms with van der Waals surface area (Å²) in [5, 5.41) is 15.7. The number of carbonyl (C=O) groups excluding carboxylic acids is 1. The Morgan fingerprint density at radius 2 is 1.79 bits per heavy atom. The maximum atomic E-state index is 12.3. The third-order valence-corrected chi connectivity index (χ3v) is 4.33. The Balaban J connectivity index is 1.39. The first-order chi connectivity index (χ1) is 13.6. The smallest absolute Gasteiger partial charge is 0.293 e. The minimum absolute atomic E-state index is 0.140. The van der Waals surface area contributed by atoms with Crippen LogP contribution in [0.25, 0.3) is 22.3 Å². The van der Waals surface area contributed by atoms with Crippen molar-refractivity contribution in [1.82, 2.24) is 5.32 Å². The SMILES string of the molecule is O=C(NC(=S)Nc1ccc(-c2ccc(CO)o2)cc1)c1cc2ccccc2o1. The molecule has 6 nitrogen and oxygen atoms in total. The summed E-state index contributed by atoms with van der Waals surface area (Å²) in [5.41, 5.74) is 2.22. The van der Waals surface area contributed by atoms with E-state index in [1.165, 1.54) is 0 Å². The highest BCUT2D eigenvalue weighted by Crippen LogP contribution is 2.24. The molecule has 0 aliphatic carbocycles. The predicted octanol–water partition coefficient (Wildman–Crippen LogP) is 4.31. The molecule has 0 bridgehead atoms. The average Bonchev–Trinajstić information content (AvgIpc) is 3.35. The fourth-order valence-electron chi connectivity index (χ4n) is 2.76. The van der Waals surface area contributed by atoms with Crippen LogP contribution in [0.5, 0.6) is 0 Å². The zero-order valence-electron chi connectivity index (χ0n) is 14.6. The molecule has 0 saturated carbocycles. The summed E-state index contributed by atoms with van der Waals surface area (Å²) < 4.78 is 11.0. The molecule has 140 valence electrons. The van der Waals surface area contributed by atoms with E-state index in [1.54, 1.807) is 24.3 Å². The number of para-hydroxylation sites is 1. The molecular formula is C21H16N2O4S. The minimum Gasteiger partial charge on any atom is -0.459 e. The van der Waals surface area contributed by atoms with Gasteiger partial charge in [-0.1, -0.05) is 18.2 Å². The van der Waals surface area contributed by atoms with Crippen molar-refractivity contribution in [3.63, 3.8) is 0 Å². The number of benzene rings is 2. The van der Waals surface area contributed by atoms with E-state index in [0.717, 1.165) is 10.9 Å². The van der Waals surface area contributed by atoms with Gasteiger partial charge in [0, 0.05) is 16.6 Å². The standard InChI is InChI=1S/C21H16N2O4S/c24-12-16-9-10-18(26-16)13-5-7-15(8-6-13)22-21(28)23-20(25)19-11-14-3-1-2-4-17(14)27-19/h1-11,24H,12H2,(H2,22,23,25,28). The molecule has 0 atom stereocenters. The zero-order valence-corrected chi connectivity index (χ0v) is 15.5. The lowest BCUT2D eigenvalue weighted by Gasteiger charge is -2.09. The van der Waals surface area contributed by atoms with E-state index in [2.05, 4.69) is 10.6 Å². The highest BCUT2D eigenvalue weighted by molar-refractivity contribution is 7.80. The monoisotopic (exact) mass is 392 g/mol. The summed E-state index contributed by atoms with van der Waals surface area (Å²) in [7, 11) is 0. The second-order valence-corrected chi connectivity index (χ2v) is 6.47. The van der Waals surface area contributed by atoms with E-state index in [-0.39, 0.29) is 17.5 Å². The number of thiocarbonyl (C=S) groups is 1. The number of fused-ring (bicyclic) bond motifs is 1. The van der Waals surface area contributed by atoms with Gasteiger partial charge < -0.3 is 19.3 Å². The molecule has 0 unspecified atom stereocenters. The van der Waals surface area contributed by atoms with E-state index >= 15 is 0 Å². The van der Waals surface area contributed by atoms with Crippen molar-refractivity contribution in [2.45, 2.75) is 6.61 Å². The molecular weight excluding hydrogens is 376 g/mol. The Labute approximate surface area is 165 Å². The molecule has 2 aromatic carbocycles. The normalized spacial score (nSPS) is 10.8. The van der Waals surface area contributed by atoms with Crippen LogP contribution >= 0.6 is 12.2 Å². The molecule has 0 spiro atoms. The maximum absolute atomic E-state index is 12.3. The van der Waals surface area contributed by atoms with Gasteiger partial charge in [-0.25, -0.2) is 0 Å². The number of carbonyl (C=O) groups is 1. The van der Waals surface area contributed by atoms with Crippen molar-refractivity contribution in [3.8, 4) is 11.3 Å². The van der Waals surface area contributed by atoms with Gasteiger partial charge in [0.25, 0.3) is 5.91 Å². The Morgan fingerprint density at radius 3 is 2.50 bits per heavy atom. The number of nitrogens with one attached hydrogen (secondary N) is 2. The molecule has 3 N–H and O–H groups in total. The van der Waals surface area contributed by atoms with Gasteiger partial charge >= 0.3 is 0 Å². The number of aliphatic hydroxyl groups is 1. The lowest BCUT2D eigenvalue weighted by molar-refractivity contribution is 0.0953. The van der Waals surface area contributed by atoms with E-state index in [1.807, 2.05) is 42.5 Å². The number of hydrogen-bond donors (Lipinski definition) is 3. The largest absolute Gasteiger partial charge is 0.459 e. The average molecular weight is 392 g/mol. The molecule has 2 heterocycles. The zero-order chi connectivity index (χ0) is 19.5. The number of hydrogen-bond acceptors (Lipinski definition) is 5. The summed E-state index contributed by atoms with van der Waals surface area (Å²) >= 11 is 5.21. The Kier molecular flexibility index (Phi) is 4.92. The summed E-state index contributed by atoms with van der Waals surface area (Å²) in [4.78, 5) is 12.3. The molecule has 0 saturated heterocycles. The summed E-state index contributed by atoms with van der Waals surface area (Å²) in [5.74, 6) is 0.943. The van der Waals surface area contributed by atoms with Crippen molar-refractivity contribution in [1.29, 1.82) is 0 Å². The van der Waals surface area contributed by atoms with Crippen LogP contribution in [0, 0.1) is 0 Å². The third kappa shape index (κ3) is 3.80. The fourth-order valence-corrected chi connectivity index (χ4v) is 2.97. The van der Waals surface area contributed by atoms with E-state index in [9.17, 15) is 4.79 Å². The maximum Gasteiger partial charge on any atom is 0.293 e. The van der Waals surface area contributed by atoms with Crippen LogP contribution in [0.2, 0.25) is 0 Å². The number of aliphatic hydroxyl groups excluding tert-OH is 1. The Hall–Kier alpha value is -3.42. The predicted molar refractivity (Wildman–Crippen MR) is 110 cm³/mol. The van der Waals surface area contributed by atoms with Gasteiger partial charge in [0.2, 0.25) is 0 Å². The third-order valence-electron chi connectivity index (χ3n) is 4.12. The Morgan fingerprint density at radius 1 is 1.00 bits per heavy atom. The highest BCUT2D eigenvalue weighted by atomic mass is 32.1. The van der Waals surface area contributed by atoms with E-state index in [4.69, 9.17) is 26.2 Å². The van der Waals surface area contributed by atoms with Crippen molar-refractivity contribution in [2.24, 2.45) is 0 Å². The van der Waals surface area contributed by atoms with Crippen molar-refractivity contribution in [2.75, 3.05) is 5.32 Å². The molecule has 7 heteroatoms. The van der Waals surface area contributed by atoms with Crippen LogP contribution in [-0.2, 0) is 6.61 Å². The summed E-state index contributed by atoms with van der Waals surface area (Å²) in [6.45, 7) is -0.140. The molecule has 0 radical (unpaired) electrons. The topological polar surface area (TPSA) is 87.6 Å². The molecule has 0 fully saturated rings. The molecule has 0 aliphatic heterocycles. The highest BCUT2D eigenvalue weighted by Gasteiger charge is 2.13. The number of anilines is 1. The van der Waals surface area contributed by atoms with E-state index < -0.39 is 5.91 Å². The first-order valence-electron chi connectivity index (χ1n) is 8.53. The molecule has 0 aliphatic rings. The fraction of sp³-hybridized carbons (Fsp3) is 0.0476. The Bertz CT molecular complexity index is 1110. The number of furan rings is 2. The summed E-state index contributed by atoms with van der Waals surface area (Å²) in [6.07, 6.45) is 0. The van der Waals surface area contributed by atoms with Crippen molar-refractivity contribution in [3.05, 3.63) is 78.3 Å². The lowest BCUT2D eigenvalue weighted by atomic mass is 10.1. The molecule has 28 heavy (non-hydrogen) atoms. The van der Waals surface area contributed by atoms with Crippen LogP contribution in [0.15, 0.2) is 75.6 Å². The van der Waals surface area contributed by atoms with Crippen LogP contribution in [-0.4, -0.2) is 16.1 Å². The van der Waals surface area contributed by atoms with Gasteiger partial charge in [0.05, 0.1) is 0 Å². The molecule has 1 amide bonds. The minimum atomic E-state index is -0.419. The lowest BCUT2D eigenvalue weighted by Crippen LogP contribution is -2.33. The van der Waals surface area contributed by atoms with Crippen molar-refractivity contribution >= 4 is 39.9 Å². The number of amides is 1. The van der Waals surface area contributed by atoms with Gasteiger partial charge in [-0.2, -0.15) is 0 Å². The molecule has 2 aromatic heterocycles. The first-order valence-corrected chi connectivity index (χ1v) is 8.94. The summed E-state index contributed by atoms with van der Waals surface area (Å²) in [6, 6.07) is 19.9. The van der Waals surface area contributed by atoms with Crippen LogP contribution in [0.3, 0.4) is 0 Å². The van der Waals surface area contributed by atoms with Crippen LogP contribution in [0.4, 0.5) is 5.69 Å². The second-order valence-electron chi connectivity index (χ2n) is 6.06. The van der Waals surface area contributed by atoms with Crippen LogP contribution in [0.1, 0.15) is 16.3 Å². The van der Waals surface area contributed by atoms with Gasteiger partial charge in [0.1, 0.15) is 23.7 Å². The van der Waals surface area contributed by atoms with Gasteiger partial charge in [-0.15, -0.1) is 0 Å². The van der Waals surface area contributed by atoms with Crippen LogP contribution < -0.4 is 10.6 Å². The first kappa shape index (κ1) is 18.0.